The fourth-order valence-electron chi connectivity index (χ4n) is 3.28. The number of rotatable bonds is 4. The number of carbonyl (C=O) groups excluding carboxylic acids is 1. The first-order valence-electron chi connectivity index (χ1n) is 9.00. The second kappa shape index (κ2) is 7.08. The van der Waals surface area contributed by atoms with Gasteiger partial charge in [0, 0.05) is 5.56 Å². The number of nitrogens with zero attached hydrogens (tertiary/aromatic N) is 2. The van der Waals surface area contributed by atoms with Crippen molar-refractivity contribution in [3.8, 4) is 5.75 Å². The molecule has 3 aromatic rings. The summed E-state index contributed by atoms with van der Waals surface area (Å²) >= 11 is 0. The van der Waals surface area contributed by atoms with E-state index in [0.29, 0.717) is 17.9 Å². The molecule has 1 heterocycles. The van der Waals surface area contributed by atoms with Crippen molar-refractivity contribution in [1.29, 1.82) is 0 Å². The van der Waals surface area contributed by atoms with E-state index in [4.69, 9.17) is 4.74 Å². The lowest BCUT2D eigenvalue weighted by molar-refractivity contribution is -0.114. The average molecular weight is 356 g/mol. The first-order valence-corrected chi connectivity index (χ1v) is 9.00. The minimum atomic E-state index is -0.130. The summed E-state index contributed by atoms with van der Waals surface area (Å²) in [5.74, 6) is 0.636. The molecule has 0 aliphatic carbocycles. The molecule has 0 unspecified atom stereocenters. The van der Waals surface area contributed by atoms with Crippen molar-refractivity contribution in [2.45, 2.75) is 13.8 Å². The van der Waals surface area contributed by atoms with Crippen LogP contribution in [0, 0.1) is 0 Å². The van der Waals surface area contributed by atoms with Gasteiger partial charge in [-0.1, -0.05) is 48.5 Å². The summed E-state index contributed by atoms with van der Waals surface area (Å²) in [4.78, 5) is 13.0. The fraction of sp³-hybridized carbons (Fsp3) is 0.130. The minimum Gasteiger partial charge on any atom is -0.493 e. The summed E-state index contributed by atoms with van der Waals surface area (Å²) in [6.45, 7) is 4.38. The quantitative estimate of drug-likeness (QED) is 0.614. The highest BCUT2D eigenvalue weighted by molar-refractivity contribution is 6.32. The predicted molar refractivity (Wildman–Crippen MR) is 110 cm³/mol. The number of ether oxygens (including phenoxy) is 1. The zero-order valence-electron chi connectivity index (χ0n) is 15.3. The second-order valence-electron chi connectivity index (χ2n) is 6.33. The van der Waals surface area contributed by atoms with Crippen LogP contribution in [-0.4, -0.2) is 18.2 Å². The van der Waals surface area contributed by atoms with Crippen molar-refractivity contribution in [2.75, 3.05) is 11.6 Å². The molecule has 1 aliphatic heterocycles. The number of hydrogen-bond acceptors (Lipinski definition) is 3. The molecule has 1 aliphatic rings. The highest BCUT2D eigenvalue weighted by Crippen LogP contribution is 2.32. The number of carbonyl (C=O) groups is 1. The van der Waals surface area contributed by atoms with Crippen molar-refractivity contribution in [3.05, 3.63) is 77.9 Å². The summed E-state index contributed by atoms with van der Waals surface area (Å²) in [5, 5.41) is 8.07. The summed E-state index contributed by atoms with van der Waals surface area (Å²) in [6.07, 6.45) is 1.90. The largest absolute Gasteiger partial charge is 0.493 e. The molecule has 3 aromatic carbocycles. The Morgan fingerprint density at radius 1 is 1.00 bits per heavy atom. The Kier molecular flexibility index (Phi) is 4.47. The van der Waals surface area contributed by atoms with E-state index in [1.54, 1.807) is 0 Å². The number of hydrazone groups is 1. The van der Waals surface area contributed by atoms with Gasteiger partial charge in [0.05, 0.1) is 23.6 Å². The van der Waals surface area contributed by atoms with Crippen LogP contribution in [-0.2, 0) is 4.79 Å². The van der Waals surface area contributed by atoms with Crippen molar-refractivity contribution < 1.29 is 9.53 Å². The van der Waals surface area contributed by atoms with Crippen LogP contribution in [0.3, 0.4) is 0 Å². The first kappa shape index (κ1) is 17.0. The smallest absolute Gasteiger partial charge is 0.280 e. The van der Waals surface area contributed by atoms with Gasteiger partial charge in [0.25, 0.3) is 5.91 Å². The minimum absolute atomic E-state index is 0.130. The van der Waals surface area contributed by atoms with E-state index in [9.17, 15) is 4.79 Å². The maximum atomic E-state index is 13.0. The topological polar surface area (TPSA) is 41.9 Å². The number of anilines is 1. The van der Waals surface area contributed by atoms with Crippen LogP contribution in [0.25, 0.3) is 16.8 Å². The summed E-state index contributed by atoms with van der Waals surface area (Å²) < 4.78 is 5.83. The van der Waals surface area contributed by atoms with Crippen LogP contribution in [0.1, 0.15) is 19.4 Å². The first-order chi connectivity index (χ1) is 13.2. The third-order valence-electron chi connectivity index (χ3n) is 4.58. The third kappa shape index (κ3) is 3.10. The van der Waals surface area contributed by atoms with Crippen LogP contribution >= 0.6 is 0 Å². The Labute approximate surface area is 158 Å². The number of fused-ring (bicyclic) bond motifs is 1. The molecule has 4 rings (SSSR count). The van der Waals surface area contributed by atoms with Crippen LogP contribution in [0.5, 0.6) is 5.75 Å². The van der Waals surface area contributed by atoms with Gasteiger partial charge in [-0.05, 0) is 48.9 Å². The summed E-state index contributed by atoms with van der Waals surface area (Å²) in [5.41, 5.74) is 2.94. The van der Waals surface area contributed by atoms with E-state index < -0.39 is 0 Å². The SMILES string of the molecule is CCOc1ccc2ccccc2c1/C=C1/C(=O)N(c2ccccc2)N=C1C. The van der Waals surface area contributed by atoms with E-state index in [-0.39, 0.29) is 5.91 Å². The number of amides is 1. The zero-order valence-corrected chi connectivity index (χ0v) is 15.3. The van der Waals surface area contributed by atoms with E-state index in [0.717, 1.165) is 27.8 Å². The normalized spacial score (nSPS) is 15.5. The molecule has 134 valence electrons. The molecule has 0 aromatic heterocycles. The molecule has 4 nitrogen and oxygen atoms in total. The molecule has 1 amide bonds. The molecule has 0 saturated carbocycles. The third-order valence-corrected chi connectivity index (χ3v) is 4.58. The van der Waals surface area contributed by atoms with Crippen LogP contribution in [0.2, 0.25) is 0 Å². The Balaban J connectivity index is 1.83. The van der Waals surface area contributed by atoms with Gasteiger partial charge in [0.2, 0.25) is 0 Å². The molecule has 0 fully saturated rings. The molecular formula is C23H20N2O2. The van der Waals surface area contributed by atoms with Crippen molar-refractivity contribution >= 4 is 34.2 Å². The van der Waals surface area contributed by atoms with E-state index in [1.807, 2.05) is 80.6 Å². The van der Waals surface area contributed by atoms with Gasteiger partial charge < -0.3 is 4.74 Å². The van der Waals surface area contributed by atoms with Gasteiger partial charge >= 0.3 is 0 Å². The lowest BCUT2D eigenvalue weighted by Crippen LogP contribution is -2.21. The monoisotopic (exact) mass is 356 g/mol. The van der Waals surface area contributed by atoms with Gasteiger partial charge in [-0.25, -0.2) is 0 Å². The highest BCUT2D eigenvalue weighted by atomic mass is 16.5. The van der Waals surface area contributed by atoms with Crippen LogP contribution < -0.4 is 9.75 Å². The molecule has 4 heteroatoms. The Bertz CT molecular complexity index is 1070. The van der Waals surface area contributed by atoms with Crippen LogP contribution in [0.4, 0.5) is 5.69 Å². The number of hydrogen-bond donors (Lipinski definition) is 0. The summed E-state index contributed by atoms with van der Waals surface area (Å²) in [6, 6.07) is 21.6. The molecular weight excluding hydrogens is 336 g/mol. The number of para-hydroxylation sites is 1. The molecule has 0 radical (unpaired) electrons. The van der Waals surface area contributed by atoms with Crippen LogP contribution in [0.15, 0.2) is 77.4 Å². The van der Waals surface area contributed by atoms with E-state index in [2.05, 4.69) is 11.2 Å². The highest BCUT2D eigenvalue weighted by Gasteiger charge is 2.29. The van der Waals surface area contributed by atoms with Crippen molar-refractivity contribution in [1.82, 2.24) is 0 Å². The van der Waals surface area contributed by atoms with Gasteiger partial charge in [-0.2, -0.15) is 10.1 Å². The maximum Gasteiger partial charge on any atom is 0.280 e. The lowest BCUT2D eigenvalue weighted by atomic mass is 9.99. The Morgan fingerprint density at radius 2 is 1.74 bits per heavy atom. The molecule has 0 N–H and O–H groups in total. The van der Waals surface area contributed by atoms with E-state index >= 15 is 0 Å². The Morgan fingerprint density at radius 3 is 2.52 bits per heavy atom. The molecule has 0 bridgehead atoms. The molecule has 0 spiro atoms. The van der Waals surface area contributed by atoms with Gasteiger partial charge in [0.15, 0.2) is 0 Å². The Hall–Kier alpha value is -3.40. The van der Waals surface area contributed by atoms with Gasteiger partial charge in [0.1, 0.15) is 5.75 Å². The van der Waals surface area contributed by atoms with E-state index in [1.165, 1.54) is 5.01 Å². The molecule has 0 saturated heterocycles. The van der Waals surface area contributed by atoms with Gasteiger partial charge in [-0.15, -0.1) is 0 Å². The second-order valence-corrected chi connectivity index (χ2v) is 6.33. The molecule has 0 atom stereocenters. The van der Waals surface area contributed by atoms with Crippen molar-refractivity contribution in [2.24, 2.45) is 5.10 Å². The van der Waals surface area contributed by atoms with Crippen molar-refractivity contribution in [3.63, 3.8) is 0 Å². The molecule has 27 heavy (non-hydrogen) atoms. The zero-order chi connectivity index (χ0) is 18.8. The van der Waals surface area contributed by atoms with Gasteiger partial charge in [-0.3, -0.25) is 4.79 Å². The summed E-state index contributed by atoms with van der Waals surface area (Å²) in [7, 11) is 0. The maximum absolute atomic E-state index is 13.0. The average Bonchev–Trinajstić information content (AvgIpc) is 2.98. The lowest BCUT2D eigenvalue weighted by Gasteiger charge is -2.13. The number of benzene rings is 3. The predicted octanol–water partition coefficient (Wildman–Crippen LogP) is 5.04. The fourth-order valence-corrected chi connectivity index (χ4v) is 3.28. The standard InChI is InChI=1S/C23H20N2O2/c1-3-27-22-14-13-17-9-7-8-12-19(17)21(22)15-20-16(2)24-25(23(20)26)18-10-5-4-6-11-18/h4-15H,3H2,1-2H3/b20-15+.